The molecule has 0 bridgehead atoms. The molecule has 6 nitrogen and oxygen atoms in total. The number of aliphatic hydroxyl groups is 1. The Morgan fingerprint density at radius 1 is 1.15 bits per heavy atom. The van der Waals surface area contributed by atoms with Crippen molar-refractivity contribution in [2.75, 3.05) is 44.2 Å². The van der Waals surface area contributed by atoms with Gasteiger partial charge >= 0.3 is 0 Å². The summed E-state index contributed by atoms with van der Waals surface area (Å²) in [6.45, 7) is 6.62. The van der Waals surface area contributed by atoms with E-state index in [2.05, 4.69) is 27.8 Å². The normalized spacial score (nSPS) is 15.4. The maximum Gasteiger partial charge on any atom is 0.225 e. The summed E-state index contributed by atoms with van der Waals surface area (Å²) in [5.41, 5.74) is 2.58. The molecule has 0 unspecified atom stereocenters. The third-order valence-electron chi connectivity index (χ3n) is 5.29. The molecule has 0 amide bonds. The van der Waals surface area contributed by atoms with E-state index in [4.69, 9.17) is 5.11 Å². The molecule has 0 aliphatic carbocycles. The van der Waals surface area contributed by atoms with Gasteiger partial charge in [-0.3, -0.25) is 4.90 Å². The number of β-amino-alcohol motifs (C(OH)–C–C–N with tert-alkyl or cyclic N) is 1. The predicted molar refractivity (Wildman–Crippen MR) is 107 cm³/mol. The predicted octanol–water partition coefficient (Wildman–Crippen LogP) is 1.96. The summed E-state index contributed by atoms with van der Waals surface area (Å²) in [6, 6.07) is 11.9. The highest BCUT2D eigenvalue weighted by atomic mass is 16.5. The van der Waals surface area contributed by atoms with Gasteiger partial charge in [0.1, 0.15) is 5.82 Å². The minimum absolute atomic E-state index is 0.202. The van der Waals surface area contributed by atoms with Crippen LogP contribution >= 0.6 is 0 Å². The minimum Gasteiger partial charge on any atom is -0.618 e. The van der Waals surface area contributed by atoms with Crippen LogP contribution in [0.4, 0.5) is 5.82 Å². The molecular weight excluding hydrogens is 340 g/mol. The Hall–Kier alpha value is -2.70. The minimum atomic E-state index is 0.202. The van der Waals surface area contributed by atoms with Gasteiger partial charge in [0.05, 0.1) is 12.2 Å². The van der Waals surface area contributed by atoms with Crippen molar-refractivity contribution in [3.05, 3.63) is 59.6 Å². The first-order valence-electron chi connectivity index (χ1n) is 9.33. The van der Waals surface area contributed by atoms with E-state index in [0.29, 0.717) is 5.69 Å². The van der Waals surface area contributed by atoms with Crippen LogP contribution in [0.1, 0.15) is 5.56 Å². The topological polar surface area (TPSA) is 66.5 Å². The number of aromatic nitrogens is 2. The van der Waals surface area contributed by atoms with Gasteiger partial charge in [0, 0.05) is 50.4 Å². The van der Waals surface area contributed by atoms with Crippen molar-refractivity contribution in [3.8, 4) is 11.3 Å². The number of aliphatic hydroxyl groups excluding tert-OH is 1. The standard InChI is InChI=1S/C21H24N4O2/c1-16-3-2-4-18-15-25(27)20(13-19(16)18)17-5-6-21(22-14-17)24-9-7-23(8-10-24)11-12-26/h2-6,13-15,26H,7-12H2,1H3. The second-order valence-electron chi connectivity index (χ2n) is 7.02. The molecule has 0 radical (unpaired) electrons. The lowest BCUT2D eigenvalue weighted by Gasteiger charge is -2.35. The maximum atomic E-state index is 12.5. The molecule has 0 saturated carbocycles. The first-order valence-corrected chi connectivity index (χ1v) is 9.33. The van der Waals surface area contributed by atoms with E-state index in [0.717, 1.165) is 65.2 Å². The number of nitrogens with zero attached hydrogens (tertiary/aromatic N) is 4. The fourth-order valence-electron chi connectivity index (χ4n) is 3.69. The van der Waals surface area contributed by atoms with Crippen LogP contribution in [0.25, 0.3) is 22.0 Å². The van der Waals surface area contributed by atoms with Crippen molar-refractivity contribution >= 4 is 16.6 Å². The number of aryl methyl sites for hydroxylation is 1. The third-order valence-corrected chi connectivity index (χ3v) is 5.29. The highest BCUT2D eigenvalue weighted by Crippen LogP contribution is 2.24. The van der Waals surface area contributed by atoms with Gasteiger partial charge in [0.25, 0.3) is 0 Å². The fourth-order valence-corrected chi connectivity index (χ4v) is 3.69. The van der Waals surface area contributed by atoms with Gasteiger partial charge in [-0.1, -0.05) is 12.1 Å². The van der Waals surface area contributed by atoms with Crippen molar-refractivity contribution in [2.45, 2.75) is 6.92 Å². The molecule has 1 aliphatic heterocycles. The molecule has 0 spiro atoms. The largest absolute Gasteiger partial charge is 0.618 e. The summed E-state index contributed by atoms with van der Waals surface area (Å²) < 4.78 is 0.923. The molecule has 1 saturated heterocycles. The number of hydrogen-bond acceptors (Lipinski definition) is 5. The summed E-state index contributed by atoms with van der Waals surface area (Å²) in [6.07, 6.45) is 3.41. The van der Waals surface area contributed by atoms with Crippen LogP contribution in [0, 0.1) is 12.1 Å². The first kappa shape index (κ1) is 17.7. The summed E-state index contributed by atoms with van der Waals surface area (Å²) in [4.78, 5) is 9.10. The highest BCUT2D eigenvalue weighted by molar-refractivity contribution is 5.86. The summed E-state index contributed by atoms with van der Waals surface area (Å²) in [5, 5.41) is 23.6. The summed E-state index contributed by atoms with van der Waals surface area (Å²) in [5.74, 6) is 0.928. The number of anilines is 1. The zero-order chi connectivity index (χ0) is 18.8. The first-order chi connectivity index (χ1) is 13.2. The van der Waals surface area contributed by atoms with Crippen LogP contribution in [0.5, 0.6) is 0 Å². The number of hydrogen-bond donors (Lipinski definition) is 1. The van der Waals surface area contributed by atoms with Gasteiger partial charge < -0.3 is 15.2 Å². The smallest absolute Gasteiger partial charge is 0.225 e. The Morgan fingerprint density at radius 2 is 1.96 bits per heavy atom. The van der Waals surface area contributed by atoms with Crippen molar-refractivity contribution in [1.29, 1.82) is 0 Å². The lowest BCUT2D eigenvalue weighted by Crippen LogP contribution is -2.47. The molecule has 1 fully saturated rings. The van der Waals surface area contributed by atoms with Crippen molar-refractivity contribution in [3.63, 3.8) is 0 Å². The van der Waals surface area contributed by atoms with E-state index >= 15 is 0 Å². The molecule has 27 heavy (non-hydrogen) atoms. The van der Waals surface area contributed by atoms with Gasteiger partial charge in [-0.2, -0.15) is 4.73 Å². The summed E-state index contributed by atoms with van der Waals surface area (Å²) in [7, 11) is 0. The Kier molecular flexibility index (Phi) is 4.92. The van der Waals surface area contributed by atoms with Crippen LogP contribution < -0.4 is 9.63 Å². The number of piperazine rings is 1. The zero-order valence-electron chi connectivity index (χ0n) is 15.5. The SMILES string of the molecule is Cc1cccc2c[n+]([O-])c(-c3ccc(N4CCN(CCO)CC4)nc3)cc12. The summed E-state index contributed by atoms with van der Waals surface area (Å²) >= 11 is 0. The lowest BCUT2D eigenvalue weighted by molar-refractivity contribution is -0.592. The number of rotatable bonds is 4. The molecular formula is C21H24N4O2. The Morgan fingerprint density at radius 3 is 2.67 bits per heavy atom. The molecule has 6 heteroatoms. The Labute approximate surface area is 158 Å². The second-order valence-corrected chi connectivity index (χ2v) is 7.02. The molecule has 3 aromatic rings. The van der Waals surface area contributed by atoms with E-state index in [1.54, 1.807) is 12.4 Å². The van der Waals surface area contributed by atoms with E-state index in [1.807, 2.05) is 30.3 Å². The number of fused-ring (bicyclic) bond motifs is 1. The fraction of sp³-hybridized carbons (Fsp3) is 0.333. The quantitative estimate of drug-likeness (QED) is 0.566. The average Bonchev–Trinajstić information content (AvgIpc) is 2.69. The molecule has 0 atom stereocenters. The molecule has 1 aliphatic rings. The molecule has 2 aromatic heterocycles. The van der Waals surface area contributed by atoms with Crippen molar-refractivity contribution in [1.82, 2.24) is 9.88 Å². The zero-order valence-corrected chi connectivity index (χ0v) is 15.5. The van der Waals surface area contributed by atoms with Crippen LogP contribution in [-0.2, 0) is 0 Å². The van der Waals surface area contributed by atoms with Gasteiger partial charge in [0.2, 0.25) is 5.69 Å². The third kappa shape index (κ3) is 3.59. The van der Waals surface area contributed by atoms with E-state index in [-0.39, 0.29) is 6.61 Å². The maximum absolute atomic E-state index is 12.5. The Balaban J connectivity index is 1.57. The van der Waals surface area contributed by atoms with E-state index in [9.17, 15) is 5.21 Å². The second kappa shape index (κ2) is 7.50. The van der Waals surface area contributed by atoms with Gasteiger partial charge in [-0.05, 0) is 36.1 Å². The monoisotopic (exact) mass is 364 g/mol. The van der Waals surface area contributed by atoms with Crippen molar-refractivity contribution in [2.24, 2.45) is 0 Å². The highest BCUT2D eigenvalue weighted by Gasteiger charge is 2.18. The van der Waals surface area contributed by atoms with Gasteiger partial charge in [-0.15, -0.1) is 0 Å². The van der Waals surface area contributed by atoms with Gasteiger partial charge in [-0.25, -0.2) is 4.98 Å². The van der Waals surface area contributed by atoms with E-state index in [1.165, 1.54) is 0 Å². The average molecular weight is 364 g/mol. The number of benzene rings is 1. The molecule has 140 valence electrons. The molecule has 4 rings (SSSR count). The van der Waals surface area contributed by atoms with Gasteiger partial charge in [0.15, 0.2) is 6.20 Å². The van der Waals surface area contributed by atoms with Crippen LogP contribution in [-0.4, -0.2) is 54.3 Å². The van der Waals surface area contributed by atoms with E-state index < -0.39 is 0 Å². The molecule has 3 heterocycles. The van der Waals surface area contributed by atoms with Crippen molar-refractivity contribution < 1.29 is 9.84 Å². The molecule has 1 N–H and O–H groups in total. The number of pyridine rings is 2. The van der Waals surface area contributed by atoms with Crippen LogP contribution in [0.2, 0.25) is 0 Å². The van der Waals surface area contributed by atoms with Crippen LogP contribution in [0.3, 0.4) is 0 Å². The van der Waals surface area contributed by atoms with Crippen LogP contribution in [0.15, 0.2) is 48.8 Å². The Bertz CT molecular complexity index is 935. The molecule has 1 aromatic carbocycles. The lowest BCUT2D eigenvalue weighted by atomic mass is 10.0.